The largest absolute Gasteiger partial charge is 0.289 e. The first-order valence-corrected chi connectivity index (χ1v) is 7.63. The van der Waals surface area contributed by atoms with Crippen molar-refractivity contribution in [1.82, 2.24) is 4.90 Å². The molecule has 3 atom stereocenters. The molecule has 1 fully saturated rings. The molecular weight excluding hydrogens is 276 g/mol. The van der Waals surface area contributed by atoms with Crippen LogP contribution in [0.3, 0.4) is 0 Å². The van der Waals surface area contributed by atoms with Crippen molar-refractivity contribution in [1.29, 1.82) is 0 Å². The number of likely N-dealkylation sites (tertiary alicyclic amines) is 1. The third-order valence-electron chi connectivity index (χ3n) is 4.62. The van der Waals surface area contributed by atoms with E-state index in [0.717, 1.165) is 12.1 Å². The average molecular weight is 296 g/mol. The van der Waals surface area contributed by atoms with Crippen molar-refractivity contribution in [3.63, 3.8) is 0 Å². The van der Waals surface area contributed by atoms with E-state index in [4.69, 9.17) is 0 Å². The molecule has 0 aromatic heterocycles. The Hall–Kier alpha value is -2.20. The summed E-state index contributed by atoms with van der Waals surface area (Å²) in [5.41, 5.74) is 2.26. The zero-order valence-corrected chi connectivity index (χ0v) is 12.6. The number of hydrogen-bond donors (Lipinski definition) is 0. The predicted octanol–water partition coefficient (Wildman–Crippen LogP) is 3.32. The minimum absolute atomic E-state index is 0.0556. The number of rotatable bonds is 4. The lowest BCUT2D eigenvalue weighted by Gasteiger charge is -2.23. The Labute approximate surface area is 130 Å². The summed E-state index contributed by atoms with van der Waals surface area (Å²) in [5.74, 6) is -0.0556. The van der Waals surface area contributed by atoms with Gasteiger partial charge in [0, 0.05) is 17.5 Å². The number of benzene rings is 2. The van der Waals surface area contributed by atoms with Gasteiger partial charge in [-0.1, -0.05) is 60.7 Å². The minimum Gasteiger partial charge on any atom is -0.289 e. The van der Waals surface area contributed by atoms with E-state index in [9.17, 15) is 10.1 Å². The van der Waals surface area contributed by atoms with Crippen LogP contribution in [0.2, 0.25) is 0 Å². The molecule has 0 radical (unpaired) electrons. The fraction of sp³-hybridized carbons (Fsp3) is 0.333. The van der Waals surface area contributed by atoms with Crippen LogP contribution in [0.5, 0.6) is 0 Å². The number of hydrogen-bond acceptors (Lipinski definition) is 3. The fourth-order valence-electron chi connectivity index (χ4n) is 3.47. The molecule has 0 spiro atoms. The number of nitrogens with zero attached hydrogens (tertiary/aromatic N) is 2. The van der Waals surface area contributed by atoms with Gasteiger partial charge in [0.15, 0.2) is 0 Å². The van der Waals surface area contributed by atoms with Crippen LogP contribution in [0.4, 0.5) is 0 Å². The van der Waals surface area contributed by atoms with Crippen LogP contribution in [0, 0.1) is 10.1 Å². The summed E-state index contributed by atoms with van der Waals surface area (Å²) in [6, 6.07) is 19.6. The standard InChI is InChI=1S/C18H20N2O2/c1-14-18(16-10-6-3-7-11-16)17(20(21)22)13-19(14)12-15-8-4-2-5-9-15/h2-11,14,17-18H,12-13H2,1H3. The van der Waals surface area contributed by atoms with Gasteiger partial charge >= 0.3 is 0 Å². The molecule has 3 unspecified atom stereocenters. The Morgan fingerprint density at radius 3 is 2.27 bits per heavy atom. The topological polar surface area (TPSA) is 46.4 Å². The maximum atomic E-state index is 11.5. The van der Waals surface area contributed by atoms with Gasteiger partial charge in [-0.05, 0) is 18.1 Å². The van der Waals surface area contributed by atoms with Gasteiger partial charge in [-0.3, -0.25) is 15.0 Å². The average Bonchev–Trinajstić information content (AvgIpc) is 2.86. The second-order valence-electron chi connectivity index (χ2n) is 5.94. The van der Waals surface area contributed by atoms with E-state index in [1.165, 1.54) is 5.56 Å². The minimum atomic E-state index is -0.541. The maximum absolute atomic E-state index is 11.5. The molecule has 1 saturated heterocycles. The van der Waals surface area contributed by atoms with Crippen molar-refractivity contribution in [3.05, 3.63) is 81.9 Å². The molecule has 0 bridgehead atoms. The first-order valence-electron chi connectivity index (χ1n) is 7.63. The van der Waals surface area contributed by atoms with Crippen molar-refractivity contribution in [2.24, 2.45) is 0 Å². The van der Waals surface area contributed by atoms with E-state index in [1.54, 1.807) is 0 Å². The normalized spacial score (nSPS) is 25.2. The van der Waals surface area contributed by atoms with Gasteiger partial charge in [0.2, 0.25) is 6.04 Å². The Kier molecular flexibility index (Phi) is 4.20. The summed E-state index contributed by atoms with van der Waals surface area (Å²) in [7, 11) is 0. The molecule has 114 valence electrons. The zero-order valence-electron chi connectivity index (χ0n) is 12.6. The summed E-state index contributed by atoms with van der Waals surface area (Å²) in [6.45, 7) is 3.36. The molecule has 4 nitrogen and oxygen atoms in total. The van der Waals surface area contributed by atoms with Crippen molar-refractivity contribution < 1.29 is 4.92 Å². The lowest BCUT2D eigenvalue weighted by molar-refractivity contribution is -0.521. The third-order valence-corrected chi connectivity index (χ3v) is 4.62. The van der Waals surface area contributed by atoms with Crippen molar-refractivity contribution in [2.75, 3.05) is 6.54 Å². The highest BCUT2D eigenvalue weighted by Crippen LogP contribution is 2.35. The SMILES string of the molecule is CC1C(c2ccccc2)C([N+](=O)[O-])CN1Cc1ccccc1. The predicted molar refractivity (Wildman–Crippen MR) is 86.3 cm³/mol. The molecule has 3 rings (SSSR count). The Morgan fingerprint density at radius 2 is 1.68 bits per heavy atom. The highest BCUT2D eigenvalue weighted by molar-refractivity contribution is 5.25. The molecule has 0 N–H and O–H groups in total. The van der Waals surface area contributed by atoms with Crippen LogP contribution >= 0.6 is 0 Å². The summed E-state index contributed by atoms with van der Waals surface area (Å²) < 4.78 is 0. The molecule has 2 aromatic rings. The third kappa shape index (κ3) is 2.88. The molecule has 1 aliphatic rings. The Morgan fingerprint density at radius 1 is 1.09 bits per heavy atom. The van der Waals surface area contributed by atoms with E-state index in [1.807, 2.05) is 48.5 Å². The van der Waals surface area contributed by atoms with Crippen LogP contribution < -0.4 is 0 Å². The second kappa shape index (κ2) is 6.28. The molecule has 0 aliphatic carbocycles. The smallest absolute Gasteiger partial charge is 0.233 e. The highest BCUT2D eigenvalue weighted by atomic mass is 16.6. The maximum Gasteiger partial charge on any atom is 0.233 e. The van der Waals surface area contributed by atoms with Crippen LogP contribution in [-0.2, 0) is 6.54 Å². The monoisotopic (exact) mass is 296 g/mol. The van der Waals surface area contributed by atoms with Crippen LogP contribution in [0.15, 0.2) is 60.7 Å². The van der Waals surface area contributed by atoms with Gasteiger partial charge in [0.25, 0.3) is 0 Å². The van der Waals surface area contributed by atoms with Crippen molar-refractivity contribution in [3.8, 4) is 0 Å². The number of nitro groups is 1. The van der Waals surface area contributed by atoms with E-state index in [2.05, 4.69) is 24.0 Å². The van der Waals surface area contributed by atoms with Gasteiger partial charge < -0.3 is 0 Å². The van der Waals surface area contributed by atoms with Crippen molar-refractivity contribution >= 4 is 0 Å². The quantitative estimate of drug-likeness (QED) is 0.642. The lowest BCUT2D eigenvalue weighted by atomic mass is 9.89. The molecule has 0 saturated carbocycles. The van der Waals surface area contributed by atoms with E-state index < -0.39 is 6.04 Å². The van der Waals surface area contributed by atoms with Crippen molar-refractivity contribution in [2.45, 2.75) is 31.5 Å². The first-order chi connectivity index (χ1) is 10.7. The molecule has 22 heavy (non-hydrogen) atoms. The van der Waals surface area contributed by atoms with Crippen LogP contribution in [0.25, 0.3) is 0 Å². The molecular formula is C18H20N2O2. The van der Waals surface area contributed by atoms with Gasteiger partial charge in [-0.2, -0.15) is 0 Å². The summed E-state index contributed by atoms with van der Waals surface area (Å²) in [4.78, 5) is 13.6. The summed E-state index contributed by atoms with van der Waals surface area (Å²) in [5, 5.41) is 11.5. The Bertz CT molecular complexity index is 630. The van der Waals surface area contributed by atoms with Gasteiger partial charge in [-0.15, -0.1) is 0 Å². The van der Waals surface area contributed by atoms with E-state index in [-0.39, 0.29) is 16.9 Å². The van der Waals surface area contributed by atoms with E-state index in [0.29, 0.717) is 6.54 Å². The zero-order chi connectivity index (χ0) is 15.5. The van der Waals surface area contributed by atoms with E-state index >= 15 is 0 Å². The lowest BCUT2D eigenvalue weighted by Crippen LogP contribution is -2.28. The fourth-order valence-corrected chi connectivity index (χ4v) is 3.47. The van der Waals surface area contributed by atoms with Crippen LogP contribution in [0.1, 0.15) is 24.0 Å². The molecule has 4 heteroatoms. The summed E-state index contributed by atoms with van der Waals surface area (Å²) >= 11 is 0. The highest BCUT2D eigenvalue weighted by Gasteiger charge is 2.46. The molecule has 0 amide bonds. The van der Waals surface area contributed by atoms with Crippen LogP contribution in [-0.4, -0.2) is 28.5 Å². The van der Waals surface area contributed by atoms with Gasteiger partial charge in [0.05, 0.1) is 12.5 Å². The van der Waals surface area contributed by atoms with Gasteiger partial charge in [0.1, 0.15) is 0 Å². The Balaban J connectivity index is 1.85. The molecule has 2 aromatic carbocycles. The summed E-state index contributed by atoms with van der Waals surface area (Å²) in [6.07, 6.45) is 0. The molecule has 1 heterocycles. The second-order valence-corrected chi connectivity index (χ2v) is 5.94. The van der Waals surface area contributed by atoms with Gasteiger partial charge in [-0.25, -0.2) is 0 Å². The molecule has 1 aliphatic heterocycles. The first kappa shape index (κ1) is 14.7.